The summed E-state index contributed by atoms with van der Waals surface area (Å²) in [4.78, 5) is 27.1. The van der Waals surface area contributed by atoms with E-state index in [1.54, 1.807) is 0 Å². The number of rotatable bonds is 4. The number of hydrogen-bond donors (Lipinski definition) is 5. The molecule has 0 aromatic rings. The van der Waals surface area contributed by atoms with Gasteiger partial charge >= 0.3 is 5.97 Å². The van der Waals surface area contributed by atoms with Gasteiger partial charge in [-0.2, -0.15) is 0 Å². The lowest BCUT2D eigenvalue weighted by Gasteiger charge is -2.28. The molecule has 3 aliphatic carbocycles. The van der Waals surface area contributed by atoms with E-state index in [1.165, 1.54) is 64.2 Å². The topological polar surface area (TPSA) is 164 Å². The summed E-state index contributed by atoms with van der Waals surface area (Å²) in [5.74, 6) is 1.18. The number of carboxylic acid groups (broad SMARTS) is 3. The zero-order valence-electron chi connectivity index (χ0n) is 24.2. The fourth-order valence-electron chi connectivity index (χ4n) is 4.26. The molecule has 3 aliphatic rings. The lowest BCUT2D eigenvalue weighted by atomic mass is 9.81. The van der Waals surface area contributed by atoms with Crippen LogP contribution in [0.25, 0.3) is 0 Å². The van der Waals surface area contributed by atoms with E-state index in [-0.39, 0.29) is 18.9 Å². The predicted octanol–water partition coefficient (Wildman–Crippen LogP) is 6.54. The molecule has 2 unspecified atom stereocenters. The van der Waals surface area contributed by atoms with Crippen LogP contribution >= 0.6 is 0 Å². The normalized spacial score (nSPS) is 18.4. The SMILES string of the molecule is CC.CC.CC(N)C1CCC1.CC(N)CC1CCCCC1.O=C(O)C1CCCCC1.O=CO.O=CO. The van der Waals surface area contributed by atoms with Gasteiger partial charge in [-0.15, -0.1) is 0 Å². The van der Waals surface area contributed by atoms with E-state index in [9.17, 15) is 4.79 Å². The molecule has 8 heteroatoms. The van der Waals surface area contributed by atoms with Gasteiger partial charge in [-0.3, -0.25) is 14.4 Å². The number of carboxylic acids is 1. The Hall–Kier alpha value is -1.67. The first-order chi connectivity index (χ1) is 17.2. The first kappa shape index (κ1) is 41.5. The van der Waals surface area contributed by atoms with Crippen molar-refractivity contribution in [2.24, 2.45) is 29.2 Å². The highest BCUT2D eigenvalue weighted by atomic mass is 16.4. The van der Waals surface area contributed by atoms with Gasteiger partial charge in [-0.05, 0) is 57.8 Å². The molecule has 0 amide bonds. The van der Waals surface area contributed by atoms with Crippen LogP contribution in [0, 0.1) is 17.8 Å². The highest BCUT2D eigenvalue weighted by Gasteiger charge is 2.20. The fraction of sp³-hybridized carbons (Fsp3) is 0.893. The van der Waals surface area contributed by atoms with Crippen LogP contribution in [0.1, 0.15) is 131 Å². The summed E-state index contributed by atoms with van der Waals surface area (Å²) in [5, 5.41) is 22.3. The minimum absolute atomic E-state index is 0.0289. The van der Waals surface area contributed by atoms with Gasteiger partial charge in [0.2, 0.25) is 0 Å². The molecule has 0 aromatic carbocycles. The predicted molar refractivity (Wildman–Crippen MR) is 150 cm³/mol. The summed E-state index contributed by atoms with van der Waals surface area (Å²) in [6.07, 6.45) is 17.8. The maximum atomic E-state index is 10.4. The molecular formula is C28H60N2O6. The third-order valence-corrected chi connectivity index (χ3v) is 6.28. The van der Waals surface area contributed by atoms with Gasteiger partial charge in [0.1, 0.15) is 0 Å². The second kappa shape index (κ2) is 33.3. The van der Waals surface area contributed by atoms with Crippen molar-refractivity contribution < 1.29 is 29.7 Å². The summed E-state index contributed by atoms with van der Waals surface area (Å²) in [6, 6.07) is 0.872. The zero-order valence-corrected chi connectivity index (χ0v) is 24.2. The first-order valence-electron chi connectivity index (χ1n) is 14.1. The Balaban J connectivity index is -0.000000182. The van der Waals surface area contributed by atoms with Crippen molar-refractivity contribution in [3.8, 4) is 0 Å². The molecule has 0 bridgehead atoms. The Bertz CT molecular complexity index is 439. The average molecular weight is 521 g/mol. The summed E-state index contributed by atoms with van der Waals surface area (Å²) < 4.78 is 0. The second-order valence-electron chi connectivity index (χ2n) is 9.15. The third-order valence-electron chi connectivity index (χ3n) is 6.28. The van der Waals surface area contributed by atoms with Crippen molar-refractivity contribution in [3.63, 3.8) is 0 Å². The number of hydrogen-bond acceptors (Lipinski definition) is 5. The molecule has 3 saturated carbocycles. The molecule has 36 heavy (non-hydrogen) atoms. The van der Waals surface area contributed by atoms with Gasteiger partial charge in [0, 0.05) is 12.1 Å². The van der Waals surface area contributed by atoms with Gasteiger partial charge < -0.3 is 26.8 Å². The van der Waals surface area contributed by atoms with Crippen LogP contribution in [0.2, 0.25) is 0 Å². The van der Waals surface area contributed by atoms with Crippen molar-refractivity contribution in [2.45, 2.75) is 144 Å². The Morgan fingerprint density at radius 2 is 1.11 bits per heavy atom. The molecule has 0 saturated heterocycles. The Kier molecular flexibility index (Phi) is 38.4. The van der Waals surface area contributed by atoms with E-state index >= 15 is 0 Å². The molecule has 0 spiro atoms. The van der Waals surface area contributed by atoms with Gasteiger partial charge in [0.05, 0.1) is 5.92 Å². The molecule has 0 aromatic heterocycles. The summed E-state index contributed by atoms with van der Waals surface area (Å²) in [7, 11) is 0. The molecule has 0 aliphatic heterocycles. The zero-order chi connectivity index (χ0) is 28.8. The lowest BCUT2D eigenvalue weighted by molar-refractivity contribution is -0.142. The fourth-order valence-corrected chi connectivity index (χ4v) is 4.26. The number of nitrogens with two attached hydrogens (primary N) is 2. The molecule has 8 nitrogen and oxygen atoms in total. The molecule has 2 atom stereocenters. The molecule has 0 radical (unpaired) electrons. The largest absolute Gasteiger partial charge is 0.483 e. The van der Waals surface area contributed by atoms with Gasteiger partial charge in [0.25, 0.3) is 12.9 Å². The lowest BCUT2D eigenvalue weighted by Crippen LogP contribution is -2.31. The summed E-state index contributed by atoms with van der Waals surface area (Å²) >= 11 is 0. The van der Waals surface area contributed by atoms with E-state index in [0.717, 1.165) is 37.5 Å². The Morgan fingerprint density at radius 3 is 1.31 bits per heavy atom. The molecule has 7 N–H and O–H groups in total. The molecule has 3 fully saturated rings. The standard InChI is InChI=1S/C9H19N.C7H12O2.C6H13N.2C2H6.2CH2O2/c1-8(10)7-9-5-3-2-4-6-9;8-7(9)6-4-2-1-3-5-6;1-5(7)6-3-2-4-6;2*1-2;2*2-1-3/h8-9H,2-7,10H2,1H3;6H,1-5H2,(H,8,9);5-6H,2-4,7H2,1H3;2*1-2H3;2*1H,(H,2,3). The van der Waals surface area contributed by atoms with Crippen molar-refractivity contribution in [1.82, 2.24) is 0 Å². The van der Waals surface area contributed by atoms with E-state index in [0.29, 0.717) is 12.1 Å². The summed E-state index contributed by atoms with van der Waals surface area (Å²) in [6.45, 7) is 11.7. The van der Waals surface area contributed by atoms with Crippen LogP contribution in [0.3, 0.4) is 0 Å². The van der Waals surface area contributed by atoms with Crippen LogP contribution in [0.15, 0.2) is 0 Å². The van der Waals surface area contributed by atoms with Gasteiger partial charge in [0.15, 0.2) is 0 Å². The minimum atomic E-state index is -0.602. The van der Waals surface area contributed by atoms with Crippen molar-refractivity contribution in [2.75, 3.05) is 0 Å². The monoisotopic (exact) mass is 520 g/mol. The van der Waals surface area contributed by atoms with Crippen molar-refractivity contribution >= 4 is 18.9 Å². The van der Waals surface area contributed by atoms with Crippen LogP contribution in [-0.4, -0.2) is 46.3 Å². The maximum Gasteiger partial charge on any atom is 0.306 e. The van der Waals surface area contributed by atoms with Crippen LogP contribution in [0.4, 0.5) is 0 Å². The van der Waals surface area contributed by atoms with Crippen molar-refractivity contribution in [3.05, 3.63) is 0 Å². The first-order valence-corrected chi connectivity index (χ1v) is 14.1. The Labute approximate surface area is 221 Å². The van der Waals surface area contributed by atoms with Crippen LogP contribution in [0.5, 0.6) is 0 Å². The van der Waals surface area contributed by atoms with Crippen LogP contribution in [-0.2, 0) is 14.4 Å². The second-order valence-corrected chi connectivity index (χ2v) is 9.15. The van der Waals surface area contributed by atoms with Gasteiger partial charge in [-0.25, -0.2) is 0 Å². The quantitative estimate of drug-likeness (QED) is 0.261. The van der Waals surface area contributed by atoms with E-state index in [2.05, 4.69) is 13.8 Å². The molecule has 3 rings (SSSR count). The smallest absolute Gasteiger partial charge is 0.306 e. The maximum absolute atomic E-state index is 10.4. The van der Waals surface area contributed by atoms with E-state index in [4.69, 9.17) is 36.4 Å². The van der Waals surface area contributed by atoms with Crippen molar-refractivity contribution in [1.29, 1.82) is 0 Å². The molecule has 0 heterocycles. The van der Waals surface area contributed by atoms with E-state index in [1.807, 2.05) is 27.7 Å². The minimum Gasteiger partial charge on any atom is -0.483 e. The van der Waals surface area contributed by atoms with E-state index < -0.39 is 5.97 Å². The number of aliphatic carboxylic acids is 1. The molecule has 218 valence electrons. The molecular weight excluding hydrogens is 460 g/mol. The number of carbonyl (C=O) groups is 3. The van der Waals surface area contributed by atoms with Gasteiger partial charge in [-0.1, -0.05) is 85.5 Å². The third kappa shape index (κ3) is 30.4. The average Bonchev–Trinajstić information content (AvgIpc) is 2.83. The Morgan fingerprint density at radius 1 is 0.750 bits per heavy atom. The summed E-state index contributed by atoms with van der Waals surface area (Å²) in [5.41, 5.74) is 11.3. The van der Waals surface area contributed by atoms with Crippen LogP contribution < -0.4 is 11.5 Å². The highest BCUT2D eigenvalue weighted by Crippen LogP contribution is 2.28. The highest BCUT2D eigenvalue weighted by molar-refractivity contribution is 5.69.